The molecule has 0 unspecified atom stereocenters. The Balaban J connectivity index is 1.91. The van der Waals surface area contributed by atoms with Crippen LogP contribution in [0.4, 0.5) is 0 Å². The van der Waals surface area contributed by atoms with Gasteiger partial charge in [0.1, 0.15) is 0 Å². The third kappa shape index (κ3) is 2.33. The van der Waals surface area contributed by atoms with Crippen LogP contribution in [-0.2, 0) is 11.2 Å². The molecule has 0 atom stereocenters. The van der Waals surface area contributed by atoms with Crippen molar-refractivity contribution in [1.82, 2.24) is 5.32 Å². The summed E-state index contributed by atoms with van der Waals surface area (Å²) < 4.78 is 0. The number of imide groups is 1. The number of amides is 2. The van der Waals surface area contributed by atoms with Crippen LogP contribution in [0.2, 0.25) is 0 Å². The molecule has 1 heterocycles. The third-order valence-electron chi connectivity index (χ3n) is 4.61. The van der Waals surface area contributed by atoms with E-state index in [0.29, 0.717) is 30.4 Å². The fourth-order valence-electron chi connectivity index (χ4n) is 3.41. The van der Waals surface area contributed by atoms with Gasteiger partial charge in [0, 0.05) is 0 Å². The van der Waals surface area contributed by atoms with Crippen molar-refractivity contribution in [1.29, 1.82) is 0 Å². The molecule has 1 aromatic rings. The van der Waals surface area contributed by atoms with Crippen LogP contribution < -0.4 is 5.32 Å². The molecule has 2 aliphatic rings. The topological polar surface area (TPSA) is 83.5 Å². The van der Waals surface area contributed by atoms with Crippen molar-refractivity contribution in [3.05, 3.63) is 34.9 Å². The van der Waals surface area contributed by atoms with Crippen LogP contribution in [0.1, 0.15) is 58.4 Å². The van der Waals surface area contributed by atoms with Gasteiger partial charge in [0.05, 0.1) is 16.5 Å². The predicted octanol–water partition coefficient (Wildman–Crippen LogP) is 2.15. The Morgan fingerprint density at radius 1 is 1.10 bits per heavy atom. The van der Waals surface area contributed by atoms with Gasteiger partial charge in [-0.3, -0.25) is 19.7 Å². The highest BCUT2D eigenvalue weighted by atomic mass is 16.4. The zero-order valence-corrected chi connectivity index (χ0v) is 11.6. The normalized spacial score (nSPS) is 20.0. The van der Waals surface area contributed by atoms with Gasteiger partial charge in [-0.2, -0.15) is 0 Å². The maximum absolute atomic E-state index is 11.7. The molecular formula is C16H17NO4. The van der Waals surface area contributed by atoms with E-state index in [1.807, 2.05) is 0 Å². The summed E-state index contributed by atoms with van der Waals surface area (Å²) in [6, 6.07) is 5.04. The molecule has 1 aromatic carbocycles. The van der Waals surface area contributed by atoms with Crippen LogP contribution in [0.15, 0.2) is 18.2 Å². The van der Waals surface area contributed by atoms with Crippen molar-refractivity contribution < 1.29 is 19.5 Å². The van der Waals surface area contributed by atoms with Crippen molar-refractivity contribution in [2.45, 2.75) is 38.5 Å². The lowest BCUT2D eigenvalue weighted by Crippen LogP contribution is -2.35. The Morgan fingerprint density at radius 2 is 1.76 bits per heavy atom. The van der Waals surface area contributed by atoms with Gasteiger partial charge in [0.2, 0.25) is 0 Å². The standard InChI is InChI=1S/C16H17NO4/c18-13-11-5-4-10(8-12(11)14(19)17-13)9-16(15(20)21)6-2-1-3-7-16/h4-5,8H,1-3,6-7,9H2,(H,20,21)(H,17,18,19). The summed E-state index contributed by atoms with van der Waals surface area (Å²) in [5.74, 6) is -1.54. The van der Waals surface area contributed by atoms with E-state index in [-0.39, 0.29) is 5.91 Å². The summed E-state index contributed by atoms with van der Waals surface area (Å²) in [5.41, 5.74) is 0.805. The zero-order valence-electron chi connectivity index (χ0n) is 11.6. The SMILES string of the molecule is O=C1NC(=O)c2cc(CC3(C(=O)O)CCCCC3)ccc21. The second kappa shape index (κ2) is 4.98. The molecule has 2 amide bonds. The first-order valence-electron chi connectivity index (χ1n) is 7.24. The second-order valence-electron chi connectivity index (χ2n) is 5.99. The number of fused-ring (bicyclic) bond motifs is 1. The van der Waals surface area contributed by atoms with Crippen molar-refractivity contribution >= 4 is 17.8 Å². The number of rotatable bonds is 3. The Bertz CT molecular complexity index is 629. The monoisotopic (exact) mass is 287 g/mol. The highest BCUT2D eigenvalue weighted by Crippen LogP contribution is 2.39. The number of carboxylic acid groups (broad SMARTS) is 1. The molecule has 1 saturated carbocycles. The quantitative estimate of drug-likeness (QED) is 0.834. The van der Waals surface area contributed by atoms with E-state index in [0.717, 1.165) is 24.8 Å². The number of hydrogen-bond acceptors (Lipinski definition) is 3. The Morgan fingerprint density at radius 3 is 2.43 bits per heavy atom. The molecule has 5 heteroatoms. The van der Waals surface area contributed by atoms with Crippen molar-refractivity contribution in [2.24, 2.45) is 5.41 Å². The lowest BCUT2D eigenvalue weighted by Gasteiger charge is -2.33. The highest BCUT2D eigenvalue weighted by molar-refractivity contribution is 6.21. The van der Waals surface area contributed by atoms with Crippen molar-refractivity contribution in [3.63, 3.8) is 0 Å². The first kappa shape index (κ1) is 13.8. The van der Waals surface area contributed by atoms with Crippen LogP contribution in [0.3, 0.4) is 0 Å². The van der Waals surface area contributed by atoms with E-state index < -0.39 is 17.3 Å². The maximum atomic E-state index is 11.7. The van der Waals surface area contributed by atoms with Gasteiger partial charge in [0.15, 0.2) is 0 Å². The Kier molecular flexibility index (Phi) is 3.27. The molecule has 0 aromatic heterocycles. The summed E-state index contributed by atoms with van der Waals surface area (Å²) in [7, 11) is 0. The van der Waals surface area contributed by atoms with Gasteiger partial charge < -0.3 is 5.11 Å². The van der Waals surface area contributed by atoms with E-state index >= 15 is 0 Å². The van der Waals surface area contributed by atoms with Gasteiger partial charge in [-0.15, -0.1) is 0 Å². The maximum Gasteiger partial charge on any atom is 0.309 e. The largest absolute Gasteiger partial charge is 0.481 e. The smallest absolute Gasteiger partial charge is 0.309 e. The molecule has 1 fully saturated rings. The van der Waals surface area contributed by atoms with Crippen LogP contribution in [-0.4, -0.2) is 22.9 Å². The molecule has 3 rings (SSSR count). The Labute approximate surface area is 122 Å². The minimum Gasteiger partial charge on any atom is -0.481 e. The fourth-order valence-corrected chi connectivity index (χ4v) is 3.41. The minimum atomic E-state index is -0.761. The molecule has 2 N–H and O–H groups in total. The summed E-state index contributed by atoms with van der Waals surface area (Å²) in [6.07, 6.45) is 4.69. The molecule has 1 aliphatic heterocycles. The van der Waals surface area contributed by atoms with Crippen molar-refractivity contribution in [2.75, 3.05) is 0 Å². The lowest BCUT2D eigenvalue weighted by molar-refractivity contribution is -0.151. The first-order valence-corrected chi connectivity index (χ1v) is 7.24. The van der Waals surface area contributed by atoms with Crippen LogP contribution in [0.5, 0.6) is 0 Å². The van der Waals surface area contributed by atoms with Gasteiger partial charge in [0.25, 0.3) is 11.8 Å². The number of benzene rings is 1. The molecule has 21 heavy (non-hydrogen) atoms. The number of aliphatic carboxylic acids is 1. The molecule has 110 valence electrons. The van der Waals surface area contributed by atoms with E-state index in [2.05, 4.69) is 5.32 Å². The van der Waals surface area contributed by atoms with E-state index in [4.69, 9.17) is 0 Å². The molecule has 5 nitrogen and oxygen atoms in total. The van der Waals surface area contributed by atoms with E-state index in [1.54, 1.807) is 18.2 Å². The number of nitrogens with one attached hydrogen (secondary N) is 1. The van der Waals surface area contributed by atoms with E-state index in [1.165, 1.54) is 0 Å². The number of carbonyl (C=O) groups excluding carboxylic acids is 2. The summed E-state index contributed by atoms with van der Waals surface area (Å²) in [5, 5.41) is 11.9. The van der Waals surface area contributed by atoms with Gasteiger partial charge in [-0.1, -0.05) is 25.3 Å². The average molecular weight is 287 g/mol. The van der Waals surface area contributed by atoms with Crippen LogP contribution in [0.25, 0.3) is 0 Å². The molecule has 0 bridgehead atoms. The molecule has 0 saturated heterocycles. The molecule has 0 spiro atoms. The number of hydrogen-bond donors (Lipinski definition) is 2. The van der Waals surface area contributed by atoms with E-state index in [9.17, 15) is 19.5 Å². The molecule has 0 radical (unpaired) electrons. The highest BCUT2D eigenvalue weighted by Gasteiger charge is 2.40. The summed E-state index contributed by atoms with van der Waals surface area (Å²) >= 11 is 0. The second-order valence-corrected chi connectivity index (χ2v) is 5.99. The van der Waals surface area contributed by atoms with Gasteiger partial charge in [-0.25, -0.2) is 0 Å². The van der Waals surface area contributed by atoms with Crippen molar-refractivity contribution in [3.8, 4) is 0 Å². The van der Waals surface area contributed by atoms with Crippen LogP contribution >= 0.6 is 0 Å². The Hall–Kier alpha value is -2.17. The van der Waals surface area contributed by atoms with Gasteiger partial charge in [-0.05, 0) is 37.0 Å². The number of carbonyl (C=O) groups is 3. The van der Waals surface area contributed by atoms with Gasteiger partial charge >= 0.3 is 5.97 Å². The molecular weight excluding hydrogens is 270 g/mol. The fraction of sp³-hybridized carbons (Fsp3) is 0.438. The van der Waals surface area contributed by atoms with Crippen LogP contribution in [0, 0.1) is 5.41 Å². The lowest BCUT2D eigenvalue weighted by atomic mass is 9.70. The summed E-state index contributed by atoms with van der Waals surface area (Å²) in [6.45, 7) is 0. The third-order valence-corrected chi connectivity index (χ3v) is 4.61. The summed E-state index contributed by atoms with van der Waals surface area (Å²) in [4.78, 5) is 34.9. The average Bonchev–Trinajstić information content (AvgIpc) is 2.74. The number of carboxylic acids is 1. The zero-order chi connectivity index (χ0) is 15.0. The first-order chi connectivity index (χ1) is 10.0. The minimum absolute atomic E-state index is 0.355. The molecule has 1 aliphatic carbocycles. The predicted molar refractivity (Wildman–Crippen MR) is 75.1 cm³/mol.